The van der Waals surface area contributed by atoms with Gasteiger partial charge in [-0.15, -0.1) is 0 Å². The highest BCUT2D eigenvalue weighted by molar-refractivity contribution is 5.41. The number of benzene rings is 2. The van der Waals surface area contributed by atoms with Crippen LogP contribution in [0.3, 0.4) is 0 Å². The second-order valence-electron chi connectivity index (χ2n) is 6.54. The van der Waals surface area contributed by atoms with Crippen molar-refractivity contribution in [3.05, 3.63) is 47.5 Å². The molecule has 0 aliphatic rings. The fourth-order valence-corrected chi connectivity index (χ4v) is 2.83. The number of aromatic hydroxyl groups is 4. The summed E-state index contributed by atoms with van der Waals surface area (Å²) in [5, 5.41) is 37.6. The minimum atomic E-state index is -0.0768. The summed E-state index contributed by atoms with van der Waals surface area (Å²) in [6.07, 6.45) is 6.13. The molecule has 0 saturated heterocycles. The number of rotatable bonds is 8. The van der Waals surface area contributed by atoms with Crippen molar-refractivity contribution in [2.24, 2.45) is 5.92 Å². The van der Waals surface area contributed by atoms with Gasteiger partial charge < -0.3 is 20.4 Å². The van der Waals surface area contributed by atoms with E-state index in [1.165, 1.54) is 12.1 Å². The molecule has 24 heavy (non-hydrogen) atoms. The first kappa shape index (κ1) is 18.0. The number of phenols is 4. The number of hydrogen-bond acceptors (Lipinski definition) is 4. The van der Waals surface area contributed by atoms with E-state index in [9.17, 15) is 20.4 Å². The molecule has 0 saturated carbocycles. The summed E-state index contributed by atoms with van der Waals surface area (Å²) < 4.78 is 0. The van der Waals surface area contributed by atoms with E-state index in [0.717, 1.165) is 49.7 Å². The maximum atomic E-state index is 9.50. The van der Waals surface area contributed by atoms with Crippen LogP contribution in [0.4, 0.5) is 0 Å². The Balaban J connectivity index is 1.66. The highest BCUT2D eigenvalue weighted by Crippen LogP contribution is 2.27. The van der Waals surface area contributed by atoms with Crippen LogP contribution < -0.4 is 0 Å². The van der Waals surface area contributed by atoms with Crippen molar-refractivity contribution in [1.82, 2.24) is 0 Å². The van der Waals surface area contributed by atoms with Gasteiger partial charge in [0.25, 0.3) is 0 Å². The lowest BCUT2D eigenvalue weighted by molar-refractivity contribution is 0.402. The van der Waals surface area contributed by atoms with Gasteiger partial charge in [-0.2, -0.15) is 0 Å². The fraction of sp³-hybridized carbons (Fsp3) is 0.400. The summed E-state index contributed by atoms with van der Waals surface area (Å²) in [7, 11) is 0. The zero-order chi connectivity index (χ0) is 17.5. The van der Waals surface area contributed by atoms with Crippen LogP contribution in [0.1, 0.15) is 43.7 Å². The zero-order valence-electron chi connectivity index (χ0n) is 14.1. The lowest BCUT2D eigenvalue weighted by atomic mass is 9.95. The van der Waals surface area contributed by atoms with Gasteiger partial charge >= 0.3 is 0 Å². The average Bonchev–Trinajstić information content (AvgIpc) is 2.56. The van der Waals surface area contributed by atoms with Gasteiger partial charge in [-0.3, -0.25) is 0 Å². The quantitative estimate of drug-likeness (QED) is 0.424. The lowest BCUT2D eigenvalue weighted by Gasteiger charge is -2.12. The Morgan fingerprint density at radius 2 is 1.21 bits per heavy atom. The Bertz CT molecular complexity index is 667. The largest absolute Gasteiger partial charge is 0.504 e. The second kappa shape index (κ2) is 8.48. The minimum absolute atomic E-state index is 0.0574. The van der Waals surface area contributed by atoms with E-state index in [2.05, 4.69) is 6.92 Å². The molecule has 130 valence electrons. The number of hydrogen-bond donors (Lipinski definition) is 4. The van der Waals surface area contributed by atoms with Gasteiger partial charge in [-0.1, -0.05) is 31.9 Å². The Labute approximate surface area is 143 Å². The molecular weight excluding hydrogens is 304 g/mol. The standard InChI is InChI=1S/C20H26O4/c1-14(6-7-16-9-11-18(22)20(24)13-16)4-2-3-5-15-8-10-17(21)19(23)12-15/h8-14,21-24H,2-7H2,1H3/t14-/m0/s1. The van der Waals surface area contributed by atoms with Crippen molar-refractivity contribution in [1.29, 1.82) is 0 Å². The molecule has 2 aromatic rings. The number of unbranched alkanes of at least 4 members (excludes halogenated alkanes) is 1. The molecule has 0 aliphatic carbocycles. The molecule has 0 unspecified atom stereocenters. The van der Waals surface area contributed by atoms with Crippen LogP contribution in [-0.4, -0.2) is 20.4 Å². The van der Waals surface area contributed by atoms with Crippen LogP contribution in [0.25, 0.3) is 0 Å². The van der Waals surface area contributed by atoms with Crippen LogP contribution in [0.15, 0.2) is 36.4 Å². The summed E-state index contributed by atoms with van der Waals surface area (Å²) in [5.41, 5.74) is 2.08. The van der Waals surface area contributed by atoms with Gasteiger partial charge in [0.2, 0.25) is 0 Å². The van der Waals surface area contributed by atoms with Crippen molar-refractivity contribution in [3.63, 3.8) is 0 Å². The summed E-state index contributed by atoms with van der Waals surface area (Å²) in [6.45, 7) is 2.23. The molecule has 4 heteroatoms. The molecule has 0 radical (unpaired) electrons. The fourth-order valence-electron chi connectivity index (χ4n) is 2.83. The summed E-state index contributed by atoms with van der Waals surface area (Å²) in [4.78, 5) is 0. The highest BCUT2D eigenvalue weighted by Gasteiger charge is 2.06. The van der Waals surface area contributed by atoms with Crippen LogP contribution in [0, 0.1) is 5.92 Å². The Hall–Kier alpha value is -2.36. The summed E-state index contributed by atoms with van der Waals surface area (Å²) in [6, 6.07) is 9.99. The van der Waals surface area contributed by atoms with Crippen molar-refractivity contribution in [2.45, 2.75) is 45.4 Å². The molecule has 0 spiro atoms. The molecule has 1 atom stereocenters. The van der Waals surface area contributed by atoms with Gasteiger partial charge in [0.15, 0.2) is 23.0 Å². The SMILES string of the molecule is C[C@@H](CCCCc1ccc(O)c(O)c1)CCc1ccc(O)c(O)c1. The Morgan fingerprint density at radius 1 is 0.667 bits per heavy atom. The molecule has 0 aliphatic heterocycles. The van der Waals surface area contributed by atoms with Crippen molar-refractivity contribution < 1.29 is 20.4 Å². The van der Waals surface area contributed by atoms with Crippen molar-refractivity contribution >= 4 is 0 Å². The first-order valence-corrected chi connectivity index (χ1v) is 8.47. The molecule has 4 N–H and O–H groups in total. The molecule has 2 aromatic carbocycles. The minimum Gasteiger partial charge on any atom is -0.504 e. The van der Waals surface area contributed by atoms with E-state index < -0.39 is 0 Å². The average molecular weight is 330 g/mol. The third-order valence-corrected chi connectivity index (χ3v) is 4.42. The van der Waals surface area contributed by atoms with Gasteiger partial charge in [-0.05, 0) is 67.0 Å². The van der Waals surface area contributed by atoms with Gasteiger partial charge in [-0.25, -0.2) is 0 Å². The number of phenolic OH excluding ortho intramolecular Hbond substituents is 4. The Kier molecular flexibility index (Phi) is 6.36. The van der Waals surface area contributed by atoms with Crippen LogP contribution >= 0.6 is 0 Å². The lowest BCUT2D eigenvalue weighted by Crippen LogP contribution is -1.98. The molecule has 0 amide bonds. The predicted molar refractivity (Wildman–Crippen MR) is 94.6 cm³/mol. The molecule has 0 fully saturated rings. The third kappa shape index (κ3) is 5.37. The highest BCUT2D eigenvalue weighted by atomic mass is 16.3. The summed E-state index contributed by atoms with van der Waals surface area (Å²) in [5.74, 6) is 0.323. The van der Waals surface area contributed by atoms with Crippen molar-refractivity contribution in [2.75, 3.05) is 0 Å². The van der Waals surface area contributed by atoms with E-state index in [4.69, 9.17) is 0 Å². The molecule has 0 aromatic heterocycles. The van der Waals surface area contributed by atoms with E-state index in [1.54, 1.807) is 12.1 Å². The van der Waals surface area contributed by atoms with Crippen LogP contribution in [0.2, 0.25) is 0 Å². The molecule has 2 rings (SSSR count). The van der Waals surface area contributed by atoms with E-state index in [0.29, 0.717) is 5.92 Å². The predicted octanol–water partition coefficient (Wildman–Crippen LogP) is 4.49. The van der Waals surface area contributed by atoms with Crippen molar-refractivity contribution in [3.8, 4) is 23.0 Å². The molecule has 0 bridgehead atoms. The van der Waals surface area contributed by atoms with Crippen LogP contribution in [0.5, 0.6) is 23.0 Å². The zero-order valence-corrected chi connectivity index (χ0v) is 14.1. The smallest absolute Gasteiger partial charge is 0.157 e. The first-order chi connectivity index (χ1) is 11.5. The number of aryl methyl sites for hydroxylation is 2. The normalized spacial score (nSPS) is 12.2. The third-order valence-electron chi connectivity index (χ3n) is 4.42. The topological polar surface area (TPSA) is 80.9 Å². The van der Waals surface area contributed by atoms with E-state index in [-0.39, 0.29) is 23.0 Å². The van der Waals surface area contributed by atoms with Gasteiger partial charge in [0, 0.05) is 0 Å². The van der Waals surface area contributed by atoms with Crippen LogP contribution in [-0.2, 0) is 12.8 Å². The van der Waals surface area contributed by atoms with E-state index in [1.807, 2.05) is 12.1 Å². The Morgan fingerprint density at radius 3 is 1.75 bits per heavy atom. The van der Waals surface area contributed by atoms with E-state index >= 15 is 0 Å². The molecule has 4 nitrogen and oxygen atoms in total. The second-order valence-corrected chi connectivity index (χ2v) is 6.54. The maximum Gasteiger partial charge on any atom is 0.157 e. The maximum absolute atomic E-state index is 9.50. The van der Waals surface area contributed by atoms with Gasteiger partial charge in [0.05, 0.1) is 0 Å². The molecule has 0 heterocycles. The summed E-state index contributed by atoms with van der Waals surface area (Å²) >= 11 is 0. The van der Waals surface area contributed by atoms with Gasteiger partial charge in [0.1, 0.15) is 0 Å². The molecular formula is C20H26O4. The monoisotopic (exact) mass is 330 g/mol. The first-order valence-electron chi connectivity index (χ1n) is 8.47.